The van der Waals surface area contributed by atoms with Gasteiger partial charge in [0.1, 0.15) is 0 Å². The predicted octanol–water partition coefficient (Wildman–Crippen LogP) is 2.56. The second-order valence-corrected chi connectivity index (χ2v) is 2.92. The van der Waals surface area contributed by atoms with Crippen LogP contribution in [0.3, 0.4) is 0 Å². The molecule has 1 aromatic rings. The monoisotopic (exact) mass is 188 g/mol. The van der Waals surface area contributed by atoms with Crippen molar-refractivity contribution in [3.8, 4) is 0 Å². The summed E-state index contributed by atoms with van der Waals surface area (Å²) < 4.78 is 0. The largest absolute Gasteiger partial charge is 0.293 e. The first kappa shape index (κ1) is 10.6. The van der Waals surface area contributed by atoms with Crippen molar-refractivity contribution < 1.29 is 0 Å². The van der Waals surface area contributed by atoms with Gasteiger partial charge in [-0.2, -0.15) is 0 Å². The van der Waals surface area contributed by atoms with E-state index < -0.39 is 0 Å². The van der Waals surface area contributed by atoms with Gasteiger partial charge in [-0.25, -0.2) is 0 Å². The summed E-state index contributed by atoms with van der Waals surface area (Å²) >= 11 is 0. The van der Waals surface area contributed by atoms with Gasteiger partial charge >= 0.3 is 0 Å². The molecule has 2 heteroatoms. The predicted molar refractivity (Wildman–Crippen MR) is 62.7 cm³/mol. The second kappa shape index (κ2) is 6.08. The maximum Gasteiger partial charge on any atom is 0.0361 e. The van der Waals surface area contributed by atoms with Gasteiger partial charge in [0.05, 0.1) is 0 Å². The number of benzene rings is 1. The summed E-state index contributed by atoms with van der Waals surface area (Å²) in [6, 6.07) is 8.21. The van der Waals surface area contributed by atoms with Crippen LogP contribution in [0.1, 0.15) is 25.0 Å². The van der Waals surface area contributed by atoms with E-state index in [0.29, 0.717) is 0 Å². The van der Waals surface area contributed by atoms with Gasteiger partial charge in [0.15, 0.2) is 0 Å². The lowest BCUT2D eigenvalue weighted by atomic mass is 10.1. The first-order chi connectivity index (χ1) is 6.86. The SMILES string of the molecule is CC/N=C/c1ccc(/C=N/CC)cc1. The van der Waals surface area contributed by atoms with E-state index in [9.17, 15) is 0 Å². The molecule has 2 nitrogen and oxygen atoms in total. The van der Waals surface area contributed by atoms with Crippen LogP contribution in [0, 0.1) is 0 Å². The molecule has 1 aromatic carbocycles. The molecule has 0 saturated carbocycles. The molecule has 0 saturated heterocycles. The van der Waals surface area contributed by atoms with Crippen molar-refractivity contribution in [1.82, 2.24) is 0 Å². The first-order valence-electron chi connectivity index (χ1n) is 4.96. The van der Waals surface area contributed by atoms with E-state index in [0.717, 1.165) is 24.2 Å². The molecule has 0 amide bonds. The van der Waals surface area contributed by atoms with Crippen molar-refractivity contribution >= 4 is 12.4 Å². The third-order valence-corrected chi connectivity index (χ3v) is 1.78. The van der Waals surface area contributed by atoms with Gasteiger partial charge in [-0.05, 0) is 25.0 Å². The van der Waals surface area contributed by atoms with Crippen LogP contribution >= 0.6 is 0 Å². The summed E-state index contributed by atoms with van der Waals surface area (Å²) in [5, 5.41) is 0. The normalized spacial score (nSPS) is 11.6. The average molecular weight is 188 g/mol. The van der Waals surface area contributed by atoms with E-state index in [4.69, 9.17) is 0 Å². The van der Waals surface area contributed by atoms with Crippen LogP contribution in [0.5, 0.6) is 0 Å². The molecule has 0 heterocycles. The Morgan fingerprint density at radius 1 is 0.857 bits per heavy atom. The zero-order valence-corrected chi connectivity index (χ0v) is 8.77. The Morgan fingerprint density at radius 2 is 1.21 bits per heavy atom. The van der Waals surface area contributed by atoms with Crippen molar-refractivity contribution in [2.24, 2.45) is 9.98 Å². The zero-order valence-electron chi connectivity index (χ0n) is 8.77. The fourth-order valence-corrected chi connectivity index (χ4v) is 1.06. The van der Waals surface area contributed by atoms with Gasteiger partial charge < -0.3 is 0 Å². The molecule has 14 heavy (non-hydrogen) atoms. The van der Waals surface area contributed by atoms with E-state index >= 15 is 0 Å². The van der Waals surface area contributed by atoms with E-state index in [1.807, 2.05) is 26.3 Å². The highest BCUT2D eigenvalue weighted by atomic mass is 14.7. The Bertz CT molecular complexity index is 277. The molecule has 0 aliphatic rings. The molecule has 0 aliphatic carbocycles. The van der Waals surface area contributed by atoms with Crippen molar-refractivity contribution in [1.29, 1.82) is 0 Å². The summed E-state index contributed by atoms with van der Waals surface area (Å²) in [7, 11) is 0. The quantitative estimate of drug-likeness (QED) is 0.649. The van der Waals surface area contributed by atoms with Crippen molar-refractivity contribution in [2.45, 2.75) is 13.8 Å². The summed E-state index contributed by atoms with van der Waals surface area (Å²) in [6.07, 6.45) is 3.78. The minimum Gasteiger partial charge on any atom is -0.293 e. The molecule has 0 spiro atoms. The molecule has 0 bridgehead atoms. The number of nitrogens with zero attached hydrogens (tertiary/aromatic N) is 2. The van der Waals surface area contributed by atoms with E-state index in [2.05, 4.69) is 34.3 Å². The summed E-state index contributed by atoms with van der Waals surface area (Å²) in [4.78, 5) is 8.35. The van der Waals surface area contributed by atoms with E-state index in [1.165, 1.54) is 0 Å². The minimum atomic E-state index is 0.832. The molecule has 0 radical (unpaired) electrons. The van der Waals surface area contributed by atoms with Crippen molar-refractivity contribution in [3.05, 3.63) is 35.4 Å². The molecular weight excluding hydrogens is 172 g/mol. The highest BCUT2D eigenvalue weighted by Gasteiger charge is 1.88. The maximum absolute atomic E-state index is 4.18. The van der Waals surface area contributed by atoms with Crippen LogP contribution in [0.2, 0.25) is 0 Å². The van der Waals surface area contributed by atoms with Gasteiger partial charge in [0.25, 0.3) is 0 Å². The average Bonchev–Trinajstić information content (AvgIpc) is 2.25. The van der Waals surface area contributed by atoms with E-state index in [1.54, 1.807) is 0 Å². The lowest BCUT2D eigenvalue weighted by Crippen LogP contribution is -1.85. The summed E-state index contributed by atoms with van der Waals surface area (Å²) in [5.41, 5.74) is 2.28. The van der Waals surface area contributed by atoms with Crippen LogP contribution in [-0.2, 0) is 0 Å². The second-order valence-electron chi connectivity index (χ2n) is 2.92. The highest BCUT2D eigenvalue weighted by molar-refractivity contribution is 5.84. The Morgan fingerprint density at radius 3 is 1.50 bits per heavy atom. The Hall–Kier alpha value is -1.44. The van der Waals surface area contributed by atoms with Gasteiger partial charge in [-0.3, -0.25) is 9.98 Å². The highest BCUT2D eigenvalue weighted by Crippen LogP contribution is 2.00. The molecule has 0 aliphatic heterocycles. The van der Waals surface area contributed by atoms with Crippen molar-refractivity contribution in [2.75, 3.05) is 13.1 Å². The van der Waals surface area contributed by atoms with Gasteiger partial charge in [-0.15, -0.1) is 0 Å². The number of aliphatic imine (C=N–C) groups is 2. The molecule has 0 aromatic heterocycles. The minimum absolute atomic E-state index is 0.832. The lowest BCUT2D eigenvalue weighted by Gasteiger charge is -1.94. The topological polar surface area (TPSA) is 24.7 Å². The summed E-state index contributed by atoms with van der Waals surface area (Å²) in [6.45, 7) is 5.72. The Balaban J connectivity index is 2.68. The van der Waals surface area contributed by atoms with Gasteiger partial charge in [0.2, 0.25) is 0 Å². The third kappa shape index (κ3) is 3.52. The fraction of sp³-hybridized carbons (Fsp3) is 0.333. The molecule has 74 valence electrons. The Labute approximate surface area is 85.4 Å². The first-order valence-corrected chi connectivity index (χ1v) is 4.96. The van der Waals surface area contributed by atoms with Crippen LogP contribution in [0.4, 0.5) is 0 Å². The summed E-state index contributed by atoms with van der Waals surface area (Å²) in [5.74, 6) is 0. The zero-order chi connectivity index (χ0) is 10.2. The number of hydrogen-bond donors (Lipinski definition) is 0. The smallest absolute Gasteiger partial charge is 0.0361 e. The standard InChI is InChI=1S/C12H16N2/c1-3-13-9-11-5-7-12(8-6-11)10-14-4-2/h5-10H,3-4H2,1-2H3/b13-9+,14-10+. The third-order valence-electron chi connectivity index (χ3n) is 1.78. The van der Waals surface area contributed by atoms with Crippen LogP contribution < -0.4 is 0 Å². The van der Waals surface area contributed by atoms with Crippen LogP contribution in [-0.4, -0.2) is 25.5 Å². The number of hydrogen-bond acceptors (Lipinski definition) is 2. The van der Waals surface area contributed by atoms with Gasteiger partial charge in [0, 0.05) is 25.5 Å². The Kier molecular flexibility index (Phi) is 4.62. The molecule has 0 unspecified atom stereocenters. The lowest BCUT2D eigenvalue weighted by molar-refractivity contribution is 1.14. The molecule has 0 fully saturated rings. The van der Waals surface area contributed by atoms with Gasteiger partial charge in [-0.1, -0.05) is 24.3 Å². The fourth-order valence-electron chi connectivity index (χ4n) is 1.06. The van der Waals surface area contributed by atoms with Crippen LogP contribution in [0.15, 0.2) is 34.3 Å². The molecular formula is C12H16N2. The van der Waals surface area contributed by atoms with Crippen molar-refractivity contribution in [3.63, 3.8) is 0 Å². The molecule has 0 atom stereocenters. The number of rotatable bonds is 4. The maximum atomic E-state index is 4.18. The molecule has 1 rings (SSSR count). The van der Waals surface area contributed by atoms with E-state index in [-0.39, 0.29) is 0 Å². The molecule has 0 N–H and O–H groups in total. The van der Waals surface area contributed by atoms with Crippen LogP contribution in [0.25, 0.3) is 0 Å².